The highest BCUT2D eigenvalue weighted by Crippen LogP contribution is 2.50. The molecule has 19 heavy (non-hydrogen) atoms. The van der Waals surface area contributed by atoms with Crippen molar-refractivity contribution in [3.05, 3.63) is 21.4 Å². The molecule has 1 saturated heterocycles. The van der Waals surface area contributed by atoms with Crippen LogP contribution in [0.15, 0.2) is 21.4 Å². The van der Waals surface area contributed by atoms with Gasteiger partial charge in [-0.15, -0.1) is 0 Å². The molecule has 0 aliphatic carbocycles. The lowest BCUT2D eigenvalue weighted by molar-refractivity contribution is -0.145. The standard InChI is InChI=1S/C11H11NO5S2/c1-2-17-8(14)3-4-18-11-9(10(15)16)12-6(13)5-7(12)19-11/h3-4,7H,2,5H2,1H3,(H,15,16)/b4-3-/t7-/m0/s1. The third kappa shape index (κ3) is 2.79. The number of β-lactam (4-membered cyclic amide) rings is 1. The summed E-state index contributed by atoms with van der Waals surface area (Å²) in [5, 5.41) is 10.5. The highest BCUT2D eigenvalue weighted by Gasteiger charge is 2.48. The zero-order valence-electron chi connectivity index (χ0n) is 9.99. The number of carbonyl (C=O) groups is 3. The summed E-state index contributed by atoms with van der Waals surface area (Å²) in [5.41, 5.74) is 0.00441. The molecule has 2 heterocycles. The first-order valence-corrected chi connectivity index (χ1v) is 7.26. The summed E-state index contributed by atoms with van der Waals surface area (Å²) in [5.74, 6) is -1.79. The molecule has 0 aromatic heterocycles. The first-order chi connectivity index (χ1) is 9.04. The van der Waals surface area contributed by atoms with Crippen LogP contribution in [0.3, 0.4) is 0 Å². The number of aliphatic carboxylic acids is 1. The number of esters is 1. The van der Waals surface area contributed by atoms with E-state index in [4.69, 9.17) is 9.84 Å². The smallest absolute Gasteiger partial charge is 0.354 e. The van der Waals surface area contributed by atoms with Gasteiger partial charge in [-0.2, -0.15) is 0 Å². The van der Waals surface area contributed by atoms with E-state index in [0.717, 1.165) is 11.8 Å². The lowest BCUT2D eigenvalue weighted by atomic mass is 10.2. The number of fused-ring (bicyclic) bond motifs is 1. The molecular weight excluding hydrogens is 290 g/mol. The van der Waals surface area contributed by atoms with Crippen molar-refractivity contribution in [1.29, 1.82) is 0 Å². The topological polar surface area (TPSA) is 83.9 Å². The van der Waals surface area contributed by atoms with Crippen LogP contribution in [-0.2, 0) is 19.1 Å². The average molecular weight is 301 g/mol. The van der Waals surface area contributed by atoms with E-state index in [1.807, 2.05) is 0 Å². The van der Waals surface area contributed by atoms with E-state index in [2.05, 4.69) is 0 Å². The predicted molar refractivity (Wildman–Crippen MR) is 70.9 cm³/mol. The van der Waals surface area contributed by atoms with Crippen molar-refractivity contribution < 1.29 is 24.2 Å². The number of hydrogen-bond acceptors (Lipinski definition) is 6. The molecule has 1 amide bonds. The molecule has 8 heteroatoms. The zero-order chi connectivity index (χ0) is 14.0. The Labute approximate surface area is 117 Å². The van der Waals surface area contributed by atoms with Crippen molar-refractivity contribution in [1.82, 2.24) is 4.90 Å². The van der Waals surface area contributed by atoms with Gasteiger partial charge < -0.3 is 9.84 Å². The third-order valence-electron chi connectivity index (χ3n) is 2.45. The van der Waals surface area contributed by atoms with Crippen molar-refractivity contribution in [3.8, 4) is 0 Å². The second-order valence-corrected chi connectivity index (χ2v) is 6.02. The van der Waals surface area contributed by atoms with Crippen LogP contribution in [0.5, 0.6) is 0 Å². The number of nitrogens with zero attached hydrogens (tertiary/aromatic N) is 1. The number of thioether (sulfide) groups is 2. The van der Waals surface area contributed by atoms with Crippen molar-refractivity contribution in [3.63, 3.8) is 0 Å². The summed E-state index contributed by atoms with van der Waals surface area (Å²) >= 11 is 2.44. The highest BCUT2D eigenvalue weighted by atomic mass is 32.2. The molecular formula is C11H11NO5S2. The number of carboxylic acids is 1. The summed E-state index contributed by atoms with van der Waals surface area (Å²) in [4.78, 5) is 34.9. The van der Waals surface area contributed by atoms with Gasteiger partial charge in [0.2, 0.25) is 5.91 Å². The van der Waals surface area contributed by atoms with Gasteiger partial charge in [-0.3, -0.25) is 9.69 Å². The van der Waals surface area contributed by atoms with Crippen LogP contribution in [0.2, 0.25) is 0 Å². The van der Waals surface area contributed by atoms with E-state index in [0.29, 0.717) is 10.7 Å². The van der Waals surface area contributed by atoms with Crippen molar-refractivity contribution in [2.75, 3.05) is 6.61 Å². The normalized spacial score (nSPS) is 21.6. The largest absolute Gasteiger partial charge is 0.477 e. The van der Waals surface area contributed by atoms with Gasteiger partial charge in [0.05, 0.1) is 22.6 Å². The fourth-order valence-electron chi connectivity index (χ4n) is 1.64. The summed E-state index contributed by atoms with van der Waals surface area (Å²) in [7, 11) is 0. The highest BCUT2D eigenvalue weighted by molar-refractivity contribution is 8.24. The molecule has 0 radical (unpaired) electrons. The predicted octanol–water partition coefficient (Wildman–Crippen LogP) is 1.36. The van der Waals surface area contributed by atoms with Crippen LogP contribution >= 0.6 is 23.5 Å². The third-order valence-corrected chi connectivity index (χ3v) is 4.77. The molecule has 0 bridgehead atoms. The lowest BCUT2D eigenvalue weighted by Gasteiger charge is -2.33. The van der Waals surface area contributed by atoms with E-state index in [-0.39, 0.29) is 23.6 Å². The summed E-state index contributed by atoms with van der Waals surface area (Å²) in [6.45, 7) is 1.99. The van der Waals surface area contributed by atoms with Crippen LogP contribution in [-0.4, -0.2) is 39.8 Å². The van der Waals surface area contributed by atoms with Gasteiger partial charge in [0, 0.05) is 6.08 Å². The quantitative estimate of drug-likeness (QED) is 0.466. The minimum absolute atomic E-state index is 0.00441. The number of rotatable bonds is 5. The minimum atomic E-state index is -1.13. The summed E-state index contributed by atoms with van der Waals surface area (Å²) in [6.07, 6.45) is 1.59. The van der Waals surface area contributed by atoms with Crippen LogP contribution < -0.4 is 0 Å². The lowest BCUT2D eigenvalue weighted by Crippen LogP contribution is -2.48. The van der Waals surface area contributed by atoms with Gasteiger partial charge in [-0.25, -0.2) is 9.59 Å². The van der Waals surface area contributed by atoms with Crippen LogP contribution in [0.25, 0.3) is 0 Å². The van der Waals surface area contributed by atoms with E-state index >= 15 is 0 Å². The molecule has 0 aromatic carbocycles. The Bertz CT molecular complexity index is 499. The van der Waals surface area contributed by atoms with Gasteiger partial charge >= 0.3 is 11.9 Å². The number of carbonyl (C=O) groups excluding carboxylic acids is 2. The van der Waals surface area contributed by atoms with Crippen molar-refractivity contribution in [2.45, 2.75) is 18.7 Å². The molecule has 102 valence electrons. The fraction of sp³-hybridized carbons (Fsp3) is 0.364. The maximum Gasteiger partial charge on any atom is 0.354 e. The molecule has 2 aliphatic rings. The van der Waals surface area contributed by atoms with E-state index < -0.39 is 11.9 Å². The monoisotopic (exact) mass is 301 g/mol. The summed E-state index contributed by atoms with van der Waals surface area (Å²) in [6, 6.07) is 0. The van der Waals surface area contributed by atoms with Crippen LogP contribution in [0.1, 0.15) is 13.3 Å². The number of hydrogen-bond donors (Lipinski definition) is 1. The second-order valence-electron chi connectivity index (χ2n) is 3.65. The number of ether oxygens (including phenoxy) is 1. The Morgan fingerprint density at radius 3 is 2.95 bits per heavy atom. The molecule has 6 nitrogen and oxygen atoms in total. The SMILES string of the molecule is CCOC(=O)/C=C\SC1=C(C(=O)O)N2C(=O)C[C@@H]2S1. The molecule has 1 fully saturated rings. The Morgan fingerprint density at radius 1 is 1.63 bits per heavy atom. The fourth-order valence-corrected chi connectivity index (χ4v) is 4.06. The maximum absolute atomic E-state index is 11.4. The first-order valence-electron chi connectivity index (χ1n) is 5.50. The Balaban J connectivity index is 2.05. The van der Waals surface area contributed by atoms with Crippen LogP contribution in [0.4, 0.5) is 0 Å². The molecule has 0 saturated carbocycles. The molecule has 0 spiro atoms. The Kier molecular flexibility index (Phi) is 4.20. The van der Waals surface area contributed by atoms with Gasteiger partial charge in [-0.05, 0) is 12.3 Å². The number of carboxylic acid groups (broad SMARTS) is 1. The van der Waals surface area contributed by atoms with E-state index in [1.165, 1.54) is 28.1 Å². The van der Waals surface area contributed by atoms with Gasteiger partial charge in [0.25, 0.3) is 0 Å². The average Bonchev–Trinajstić information content (AvgIpc) is 2.62. The Hall–Kier alpha value is -1.41. The van der Waals surface area contributed by atoms with Gasteiger partial charge in [-0.1, -0.05) is 23.5 Å². The van der Waals surface area contributed by atoms with E-state index in [9.17, 15) is 14.4 Å². The Morgan fingerprint density at radius 2 is 2.37 bits per heavy atom. The second kappa shape index (κ2) is 5.70. The first kappa shape index (κ1) is 14.0. The van der Waals surface area contributed by atoms with Gasteiger partial charge in [0.15, 0.2) is 5.70 Å². The minimum Gasteiger partial charge on any atom is -0.477 e. The molecule has 1 N–H and O–H groups in total. The summed E-state index contributed by atoms with van der Waals surface area (Å²) < 4.78 is 5.23. The molecule has 2 aliphatic heterocycles. The van der Waals surface area contributed by atoms with Crippen molar-refractivity contribution >= 4 is 41.4 Å². The van der Waals surface area contributed by atoms with Crippen LogP contribution in [0, 0.1) is 0 Å². The zero-order valence-corrected chi connectivity index (χ0v) is 11.6. The van der Waals surface area contributed by atoms with E-state index in [1.54, 1.807) is 6.92 Å². The molecule has 0 unspecified atom stereocenters. The van der Waals surface area contributed by atoms with Crippen molar-refractivity contribution in [2.24, 2.45) is 0 Å². The molecule has 2 rings (SSSR count). The molecule has 1 atom stereocenters. The maximum atomic E-state index is 11.4. The van der Waals surface area contributed by atoms with Gasteiger partial charge in [0.1, 0.15) is 0 Å². The molecule has 0 aromatic rings. The number of amides is 1.